The van der Waals surface area contributed by atoms with Crippen LogP contribution in [0.5, 0.6) is 5.75 Å². The van der Waals surface area contributed by atoms with E-state index in [2.05, 4.69) is 35.3 Å². The molecule has 0 radical (unpaired) electrons. The maximum Gasteiger partial charge on any atom is 0.168 e. The van der Waals surface area contributed by atoms with Gasteiger partial charge in [-0.3, -0.25) is 0 Å². The lowest BCUT2D eigenvalue weighted by Crippen LogP contribution is -2.31. The van der Waals surface area contributed by atoms with Crippen molar-refractivity contribution in [3.8, 4) is 5.75 Å². The summed E-state index contributed by atoms with van der Waals surface area (Å²) in [5.74, 6) is 0.741. The Morgan fingerprint density at radius 2 is 2.25 bits per heavy atom. The lowest BCUT2D eigenvalue weighted by atomic mass is 10.2. The van der Waals surface area contributed by atoms with Gasteiger partial charge in [-0.1, -0.05) is 0 Å². The summed E-state index contributed by atoms with van der Waals surface area (Å²) in [7, 11) is 5.89. The number of hydrogen-bond acceptors (Lipinski definition) is 4. The molecule has 0 spiro atoms. The minimum Gasteiger partial charge on any atom is -0.495 e. The van der Waals surface area contributed by atoms with E-state index in [1.807, 2.05) is 12.1 Å². The van der Waals surface area contributed by atoms with Crippen molar-refractivity contribution >= 4 is 28.7 Å². The molecule has 2 rings (SSSR count). The number of likely N-dealkylation sites (N-methyl/N-ethyl adjacent to an activating group) is 1. The van der Waals surface area contributed by atoms with Crippen LogP contribution in [-0.4, -0.2) is 50.3 Å². The lowest BCUT2D eigenvalue weighted by molar-refractivity contribution is 0.315. The largest absolute Gasteiger partial charge is 0.495 e. The summed E-state index contributed by atoms with van der Waals surface area (Å²) >= 11 is 4.91. The number of rotatable bonds is 4. The Bertz CT molecular complexity index is 492. The number of benzene rings is 1. The van der Waals surface area contributed by atoms with Crippen LogP contribution < -0.4 is 20.7 Å². The normalized spacial score (nSPS) is 18.4. The third-order valence-corrected chi connectivity index (χ3v) is 3.80. The van der Waals surface area contributed by atoms with Crippen molar-refractivity contribution in [2.45, 2.75) is 12.5 Å². The second-order valence-electron chi connectivity index (χ2n) is 5.23. The molecule has 1 heterocycles. The predicted octanol–water partition coefficient (Wildman–Crippen LogP) is 1.49. The Morgan fingerprint density at radius 3 is 2.80 bits per heavy atom. The van der Waals surface area contributed by atoms with Crippen LogP contribution in [0.25, 0.3) is 0 Å². The van der Waals surface area contributed by atoms with Crippen LogP contribution in [0.15, 0.2) is 18.2 Å². The molecule has 1 aliphatic heterocycles. The zero-order chi connectivity index (χ0) is 14.7. The molecule has 1 unspecified atom stereocenters. The number of methoxy groups -OCH3 is 1. The molecule has 20 heavy (non-hydrogen) atoms. The predicted molar refractivity (Wildman–Crippen MR) is 87.7 cm³/mol. The molecule has 0 amide bonds. The summed E-state index contributed by atoms with van der Waals surface area (Å²) in [4.78, 5) is 4.65. The highest BCUT2D eigenvalue weighted by molar-refractivity contribution is 7.80. The van der Waals surface area contributed by atoms with Crippen molar-refractivity contribution in [3.63, 3.8) is 0 Å². The van der Waals surface area contributed by atoms with E-state index < -0.39 is 0 Å². The van der Waals surface area contributed by atoms with Crippen molar-refractivity contribution in [1.82, 2.24) is 4.90 Å². The summed E-state index contributed by atoms with van der Waals surface area (Å²) in [6.07, 6.45) is 1.18. The zero-order valence-corrected chi connectivity index (χ0v) is 13.0. The molecule has 110 valence electrons. The molecule has 5 nitrogen and oxygen atoms in total. The van der Waals surface area contributed by atoms with Gasteiger partial charge in [-0.05, 0) is 50.9 Å². The van der Waals surface area contributed by atoms with Gasteiger partial charge in [-0.2, -0.15) is 0 Å². The van der Waals surface area contributed by atoms with Gasteiger partial charge in [0.2, 0.25) is 0 Å². The number of nitrogens with two attached hydrogens (primary N) is 1. The first-order chi connectivity index (χ1) is 9.51. The van der Waals surface area contributed by atoms with Gasteiger partial charge >= 0.3 is 0 Å². The molecule has 1 fully saturated rings. The standard InChI is InChI=1S/C14H22N4OS/c1-17(2)11-6-7-18(9-11)10-4-5-13(19-3)12(8-10)16-14(15)20/h4-5,8,11H,6-7,9H2,1-3H3,(H3,15,16,20). The summed E-state index contributed by atoms with van der Waals surface area (Å²) in [6.45, 7) is 2.09. The zero-order valence-electron chi connectivity index (χ0n) is 12.2. The van der Waals surface area contributed by atoms with Gasteiger partial charge in [0.05, 0.1) is 12.8 Å². The van der Waals surface area contributed by atoms with Gasteiger partial charge in [0, 0.05) is 24.8 Å². The van der Waals surface area contributed by atoms with E-state index in [1.54, 1.807) is 7.11 Å². The highest BCUT2D eigenvalue weighted by Gasteiger charge is 2.24. The number of thiocarbonyl (C=S) groups is 1. The van der Waals surface area contributed by atoms with Crippen LogP contribution >= 0.6 is 12.2 Å². The maximum atomic E-state index is 5.56. The highest BCUT2D eigenvalue weighted by atomic mass is 32.1. The second-order valence-corrected chi connectivity index (χ2v) is 5.67. The first kappa shape index (κ1) is 14.9. The lowest BCUT2D eigenvalue weighted by Gasteiger charge is -2.23. The molecule has 1 aromatic carbocycles. The first-order valence-electron chi connectivity index (χ1n) is 6.67. The molecule has 0 aliphatic carbocycles. The summed E-state index contributed by atoms with van der Waals surface area (Å²) < 4.78 is 5.32. The van der Waals surface area contributed by atoms with Crippen molar-refractivity contribution in [3.05, 3.63) is 18.2 Å². The number of nitrogens with zero attached hydrogens (tertiary/aromatic N) is 2. The van der Waals surface area contributed by atoms with E-state index in [4.69, 9.17) is 22.7 Å². The van der Waals surface area contributed by atoms with E-state index in [-0.39, 0.29) is 5.11 Å². The first-order valence-corrected chi connectivity index (χ1v) is 7.08. The van der Waals surface area contributed by atoms with Crippen LogP contribution in [0, 0.1) is 0 Å². The van der Waals surface area contributed by atoms with Crippen LogP contribution in [0.3, 0.4) is 0 Å². The molecule has 6 heteroatoms. The molecular weight excluding hydrogens is 272 g/mol. The van der Waals surface area contributed by atoms with Crippen molar-refractivity contribution in [2.24, 2.45) is 5.73 Å². The monoisotopic (exact) mass is 294 g/mol. The minimum atomic E-state index is 0.244. The van der Waals surface area contributed by atoms with E-state index in [0.717, 1.165) is 30.2 Å². The van der Waals surface area contributed by atoms with Crippen LogP contribution in [0.4, 0.5) is 11.4 Å². The fourth-order valence-electron chi connectivity index (χ4n) is 2.52. The van der Waals surface area contributed by atoms with E-state index >= 15 is 0 Å². The topological polar surface area (TPSA) is 53.8 Å². The number of hydrogen-bond donors (Lipinski definition) is 2. The molecule has 1 saturated heterocycles. The minimum absolute atomic E-state index is 0.244. The number of nitrogens with one attached hydrogen (secondary N) is 1. The maximum absolute atomic E-state index is 5.56. The Labute approximate surface area is 125 Å². The molecule has 1 aromatic rings. The highest BCUT2D eigenvalue weighted by Crippen LogP contribution is 2.31. The summed E-state index contributed by atoms with van der Waals surface area (Å²) in [5, 5.41) is 3.21. The molecular formula is C14H22N4OS. The van der Waals surface area contributed by atoms with Gasteiger partial charge in [-0.15, -0.1) is 0 Å². The van der Waals surface area contributed by atoms with Gasteiger partial charge in [0.15, 0.2) is 5.11 Å². The fourth-order valence-corrected chi connectivity index (χ4v) is 2.63. The van der Waals surface area contributed by atoms with Gasteiger partial charge in [0.1, 0.15) is 5.75 Å². The van der Waals surface area contributed by atoms with E-state index in [1.165, 1.54) is 6.42 Å². The van der Waals surface area contributed by atoms with Crippen LogP contribution in [0.1, 0.15) is 6.42 Å². The Kier molecular flexibility index (Phi) is 4.67. The van der Waals surface area contributed by atoms with E-state index in [0.29, 0.717) is 6.04 Å². The number of anilines is 2. The fraction of sp³-hybridized carbons (Fsp3) is 0.500. The van der Waals surface area contributed by atoms with Crippen LogP contribution in [0.2, 0.25) is 0 Å². The molecule has 0 bridgehead atoms. The average molecular weight is 294 g/mol. The average Bonchev–Trinajstić information content (AvgIpc) is 2.87. The summed E-state index contributed by atoms with van der Waals surface area (Å²) in [6, 6.07) is 6.65. The summed E-state index contributed by atoms with van der Waals surface area (Å²) in [5.41, 5.74) is 7.53. The molecule has 3 N–H and O–H groups in total. The molecule has 1 aliphatic rings. The Hall–Kier alpha value is -1.53. The second kappa shape index (κ2) is 6.28. The molecule has 0 aromatic heterocycles. The van der Waals surface area contributed by atoms with E-state index in [9.17, 15) is 0 Å². The third-order valence-electron chi connectivity index (χ3n) is 3.70. The van der Waals surface area contributed by atoms with Gasteiger partial charge in [-0.25, -0.2) is 0 Å². The quantitative estimate of drug-likeness (QED) is 0.821. The smallest absolute Gasteiger partial charge is 0.168 e. The van der Waals surface area contributed by atoms with Crippen molar-refractivity contribution < 1.29 is 4.74 Å². The third kappa shape index (κ3) is 3.32. The number of ether oxygens (including phenoxy) is 1. The molecule has 0 saturated carbocycles. The van der Waals surface area contributed by atoms with Gasteiger partial charge < -0.3 is 25.6 Å². The Morgan fingerprint density at radius 1 is 1.50 bits per heavy atom. The molecule has 1 atom stereocenters. The Balaban J connectivity index is 2.19. The van der Waals surface area contributed by atoms with Crippen molar-refractivity contribution in [1.29, 1.82) is 0 Å². The van der Waals surface area contributed by atoms with Crippen LogP contribution in [-0.2, 0) is 0 Å². The SMILES string of the molecule is COc1ccc(N2CCC(N(C)C)C2)cc1NC(N)=S. The van der Waals surface area contributed by atoms with Gasteiger partial charge in [0.25, 0.3) is 0 Å². The van der Waals surface area contributed by atoms with Crippen molar-refractivity contribution in [2.75, 3.05) is 44.5 Å².